The number of likely N-dealkylation sites (tertiary alicyclic amines) is 1. The Morgan fingerprint density at radius 3 is 2.43 bits per heavy atom. The average Bonchev–Trinajstić information content (AvgIpc) is 2.93. The summed E-state index contributed by atoms with van der Waals surface area (Å²) >= 11 is 0. The van der Waals surface area contributed by atoms with Gasteiger partial charge in [-0.1, -0.05) is 51.0 Å². The molecule has 2 unspecified atom stereocenters. The Kier molecular flexibility index (Phi) is 4.37. The molecule has 0 saturated carbocycles. The normalized spacial score (nSPS) is 28.5. The smallest absolute Gasteiger partial charge is 0.0481 e. The molecule has 1 saturated heterocycles. The van der Waals surface area contributed by atoms with E-state index in [4.69, 9.17) is 0 Å². The van der Waals surface area contributed by atoms with E-state index < -0.39 is 0 Å². The molecule has 3 rings (SSSR count). The van der Waals surface area contributed by atoms with Gasteiger partial charge in [0.25, 0.3) is 0 Å². The molecule has 116 valence electrons. The standard InChI is InChI=1S/C19H30N2/c1-4-19(5-2)10-12-21(13-11-19)17-14-15-8-6-7-9-16(15)18(17)20-3/h6-9,17-18,20H,4-5,10-14H2,1-3H3. The number of nitrogens with one attached hydrogen (secondary N) is 1. The van der Waals surface area contributed by atoms with Crippen molar-refractivity contribution < 1.29 is 0 Å². The highest BCUT2D eigenvalue weighted by molar-refractivity contribution is 5.37. The molecule has 2 heteroatoms. The second-order valence-corrected chi connectivity index (χ2v) is 6.98. The van der Waals surface area contributed by atoms with Gasteiger partial charge >= 0.3 is 0 Å². The highest BCUT2D eigenvalue weighted by Gasteiger charge is 2.39. The summed E-state index contributed by atoms with van der Waals surface area (Å²) in [6.45, 7) is 7.30. The van der Waals surface area contributed by atoms with Gasteiger partial charge in [-0.05, 0) is 55.9 Å². The minimum Gasteiger partial charge on any atom is -0.312 e. The number of hydrogen-bond donors (Lipinski definition) is 1. The first-order chi connectivity index (χ1) is 10.2. The molecule has 1 heterocycles. The van der Waals surface area contributed by atoms with Gasteiger partial charge in [-0.15, -0.1) is 0 Å². The average molecular weight is 286 g/mol. The molecule has 21 heavy (non-hydrogen) atoms. The molecule has 0 aromatic heterocycles. The van der Waals surface area contributed by atoms with Crippen LogP contribution in [0.4, 0.5) is 0 Å². The van der Waals surface area contributed by atoms with Gasteiger partial charge < -0.3 is 5.32 Å². The monoisotopic (exact) mass is 286 g/mol. The number of likely N-dealkylation sites (N-methyl/N-ethyl adjacent to an activating group) is 1. The third-order valence-electron chi connectivity index (χ3n) is 6.34. The molecule has 1 aliphatic heterocycles. The molecule has 1 fully saturated rings. The highest BCUT2D eigenvalue weighted by atomic mass is 15.2. The van der Waals surface area contributed by atoms with Crippen molar-refractivity contribution >= 4 is 0 Å². The largest absolute Gasteiger partial charge is 0.312 e. The summed E-state index contributed by atoms with van der Waals surface area (Å²) in [5.74, 6) is 0. The number of nitrogens with zero attached hydrogens (tertiary/aromatic N) is 1. The Balaban J connectivity index is 1.72. The minimum atomic E-state index is 0.511. The van der Waals surface area contributed by atoms with Crippen molar-refractivity contribution in [3.63, 3.8) is 0 Å². The Morgan fingerprint density at radius 1 is 1.14 bits per heavy atom. The summed E-state index contributed by atoms with van der Waals surface area (Å²) in [6, 6.07) is 10.1. The van der Waals surface area contributed by atoms with Crippen molar-refractivity contribution in [1.82, 2.24) is 10.2 Å². The van der Waals surface area contributed by atoms with Crippen LogP contribution in [0.1, 0.15) is 56.7 Å². The van der Waals surface area contributed by atoms with Crippen LogP contribution in [0.25, 0.3) is 0 Å². The third-order valence-corrected chi connectivity index (χ3v) is 6.34. The fourth-order valence-corrected chi connectivity index (χ4v) is 4.55. The van der Waals surface area contributed by atoms with E-state index >= 15 is 0 Å². The number of rotatable bonds is 4. The fraction of sp³-hybridized carbons (Fsp3) is 0.684. The second kappa shape index (κ2) is 6.10. The topological polar surface area (TPSA) is 15.3 Å². The molecule has 1 N–H and O–H groups in total. The first kappa shape index (κ1) is 15.1. The highest BCUT2D eigenvalue weighted by Crippen LogP contribution is 2.41. The molecule has 0 spiro atoms. The van der Waals surface area contributed by atoms with Crippen LogP contribution < -0.4 is 5.32 Å². The SMILES string of the molecule is CCC1(CC)CCN(C2Cc3ccccc3C2NC)CC1. The van der Waals surface area contributed by atoms with Gasteiger partial charge in [-0.3, -0.25) is 4.90 Å². The quantitative estimate of drug-likeness (QED) is 0.906. The maximum absolute atomic E-state index is 3.57. The lowest BCUT2D eigenvalue weighted by Gasteiger charge is -2.44. The van der Waals surface area contributed by atoms with Crippen molar-refractivity contribution in [3.05, 3.63) is 35.4 Å². The zero-order chi connectivity index (χ0) is 14.9. The predicted molar refractivity (Wildman–Crippen MR) is 89.6 cm³/mol. The van der Waals surface area contributed by atoms with E-state index in [0.717, 1.165) is 0 Å². The lowest BCUT2D eigenvalue weighted by atomic mass is 9.74. The minimum absolute atomic E-state index is 0.511. The third kappa shape index (κ3) is 2.64. The van der Waals surface area contributed by atoms with Crippen LogP contribution in [0.3, 0.4) is 0 Å². The van der Waals surface area contributed by atoms with E-state index in [1.54, 1.807) is 5.56 Å². The van der Waals surface area contributed by atoms with Gasteiger partial charge in [0.2, 0.25) is 0 Å². The summed E-state index contributed by atoms with van der Waals surface area (Å²) in [7, 11) is 2.12. The lowest BCUT2D eigenvalue weighted by Crippen LogP contribution is -2.48. The fourth-order valence-electron chi connectivity index (χ4n) is 4.55. The molecule has 2 atom stereocenters. The molecule has 1 aromatic rings. The summed E-state index contributed by atoms with van der Waals surface area (Å²) in [6.07, 6.45) is 6.66. The molecule has 0 bridgehead atoms. The summed E-state index contributed by atoms with van der Waals surface area (Å²) in [4.78, 5) is 2.75. The number of fused-ring (bicyclic) bond motifs is 1. The van der Waals surface area contributed by atoms with Crippen molar-refractivity contribution in [2.75, 3.05) is 20.1 Å². The Labute approximate surface area is 129 Å². The number of piperidine rings is 1. The van der Waals surface area contributed by atoms with E-state index in [1.165, 1.54) is 50.8 Å². The van der Waals surface area contributed by atoms with Gasteiger partial charge in [0, 0.05) is 12.1 Å². The molecule has 0 amide bonds. The van der Waals surface area contributed by atoms with E-state index in [0.29, 0.717) is 17.5 Å². The number of benzene rings is 1. The predicted octanol–water partition coefficient (Wildman–Crippen LogP) is 3.77. The van der Waals surface area contributed by atoms with E-state index in [9.17, 15) is 0 Å². The van der Waals surface area contributed by atoms with Gasteiger partial charge in [0.1, 0.15) is 0 Å². The molecule has 0 radical (unpaired) electrons. The van der Waals surface area contributed by atoms with Crippen LogP contribution in [0.15, 0.2) is 24.3 Å². The summed E-state index contributed by atoms with van der Waals surface area (Å²) in [5.41, 5.74) is 3.69. The van der Waals surface area contributed by atoms with Crippen molar-refractivity contribution in [2.24, 2.45) is 5.41 Å². The summed E-state index contributed by atoms with van der Waals surface area (Å²) < 4.78 is 0. The summed E-state index contributed by atoms with van der Waals surface area (Å²) in [5, 5.41) is 3.57. The van der Waals surface area contributed by atoms with Gasteiger partial charge in [-0.2, -0.15) is 0 Å². The van der Waals surface area contributed by atoms with Gasteiger partial charge in [-0.25, -0.2) is 0 Å². The van der Waals surface area contributed by atoms with Crippen LogP contribution in [0, 0.1) is 5.41 Å². The molecular formula is C19H30N2. The Hall–Kier alpha value is -0.860. The van der Waals surface area contributed by atoms with E-state index in [2.05, 4.69) is 55.4 Å². The Morgan fingerprint density at radius 2 is 1.81 bits per heavy atom. The maximum Gasteiger partial charge on any atom is 0.0481 e. The van der Waals surface area contributed by atoms with Gasteiger partial charge in [0.15, 0.2) is 0 Å². The van der Waals surface area contributed by atoms with Crippen molar-refractivity contribution in [3.8, 4) is 0 Å². The van der Waals surface area contributed by atoms with E-state index in [-0.39, 0.29) is 0 Å². The molecular weight excluding hydrogens is 256 g/mol. The van der Waals surface area contributed by atoms with Crippen LogP contribution >= 0.6 is 0 Å². The first-order valence-electron chi connectivity index (χ1n) is 8.72. The Bertz CT molecular complexity index is 468. The lowest BCUT2D eigenvalue weighted by molar-refractivity contribution is 0.0575. The van der Waals surface area contributed by atoms with Crippen LogP contribution in [-0.2, 0) is 6.42 Å². The van der Waals surface area contributed by atoms with Crippen molar-refractivity contribution in [2.45, 2.75) is 58.0 Å². The van der Waals surface area contributed by atoms with Crippen LogP contribution in [0.5, 0.6) is 0 Å². The van der Waals surface area contributed by atoms with Crippen LogP contribution in [0.2, 0.25) is 0 Å². The van der Waals surface area contributed by atoms with Gasteiger partial charge in [0.05, 0.1) is 0 Å². The molecule has 1 aromatic carbocycles. The van der Waals surface area contributed by atoms with E-state index in [1.807, 2.05) is 0 Å². The maximum atomic E-state index is 3.57. The van der Waals surface area contributed by atoms with Crippen molar-refractivity contribution in [1.29, 1.82) is 0 Å². The zero-order valence-corrected chi connectivity index (χ0v) is 13.9. The number of hydrogen-bond acceptors (Lipinski definition) is 2. The first-order valence-corrected chi connectivity index (χ1v) is 8.72. The second-order valence-electron chi connectivity index (χ2n) is 6.98. The molecule has 1 aliphatic carbocycles. The molecule has 2 nitrogen and oxygen atoms in total. The van der Waals surface area contributed by atoms with Crippen LogP contribution in [-0.4, -0.2) is 31.1 Å². The molecule has 2 aliphatic rings. The zero-order valence-electron chi connectivity index (χ0n) is 13.9.